The van der Waals surface area contributed by atoms with Gasteiger partial charge in [0, 0.05) is 17.8 Å². The van der Waals surface area contributed by atoms with Gasteiger partial charge in [-0.15, -0.1) is 0 Å². The summed E-state index contributed by atoms with van der Waals surface area (Å²) >= 11 is 0. The molecule has 2 amide bonds. The monoisotopic (exact) mass is 354 g/mol. The number of hydrogen-bond acceptors (Lipinski definition) is 2. The Kier molecular flexibility index (Phi) is 5.66. The summed E-state index contributed by atoms with van der Waals surface area (Å²) in [7, 11) is 0. The molecule has 0 saturated heterocycles. The van der Waals surface area contributed by atoms with E-state index in [-0.39, 0.29) is 18.2 Å². The van der Waals surface area contributed by atoms with Crippen LogP contribution in [0.3, 0.4) is 0 Å². The Balaban J connectivity index is 1.69. The molecule has 0 aromatic heterocycles. The van der Waals surface area contributed by atoms with Crippen molar-refractivity contribution in [1.29, 1.82) is 0 Å². The largest absolute Gasteiger partial charge is 0.326 e. The molecule has 3 rings (SSSR count). The molecule has 5 heteroatoms. The van der Waals surface area contributed by atoms with Crippen molar-refractivity contribution in [3.63, 3.8) is 0 Å². The van der Waals surface area contributed by atoms with Crippen molar-refractivity contribution in [3.8, 4) is 0 Å². The van der Waals surface area contributed by atoms with E-state index in [0.717, 1.165) is 12.8 Å². The molecule has 1 atom stereocenters. The molecule has 0 aliphatic carbocycles. The molecule has 26 heavy (non-hydrogen) atoms. The zero-order chi connectivity index (χ0) is 18.5. The third-order valence-electron chi connectivity index (χ3n) is 4.66. The summed E-state index contributed by atoms with van der Waals surface area (Å²) in [4.78, 5) is 24.5. The maximum absolute atomic E-state index is 13.4. The van der Waals surface area contributed by atoms with E-state index in [2.05, 4.69) is 17.6 Å². The first-order valence-corrected chi connectivity index (χ1v) is 9.06. The molecular formula is C21H23FN2O2. The second-order valence-corrected chi connectivity index (χ2v) is 6.68. The van der Waals surface area contributed by atoms with Gasteiger partial charge in [-0.2, -0.15) is 0 Å². The lowest BCUT2D eigenvalue weighted by Gasteiger charge is -2.25. The molecule has 2 aromatic carbocycles. The fraction of sp³-hybridized carbons (Fsp3) is 0.333. The number of unbranched alkanes of at least 4 members (excludes halogenated alkanes) is 2. The number of benzene rings is 2. The zero-order valence-electron chi connectivity index (χ0n) is 14.8. The molecule has 1 aliphatic heterocycles. The smallest absolute Gasteiger partial charge is 0.232 e. The van der Waals surface area contributed by atoms with Gasteiger partial charge in [-0.3, -0.25) is 9.59 Å². The van der Waals surface area contributed by atoms with Crippen LogP contribution < -0.4 is 10.6 Å². The van der Waals surface area contributed by atoms with Crippen LogP contribution in [-0.2, 0) is 16.0 Å². The third kappa shape index (κ3) is 4.28. The van der Waals surface area contributed by atoms with E-state index in [0.29, 0.717) is 16.9 Å². The number of halogens is 1. The van der Waals surface area contributed by atoms with Crippen LogP contribution in [0.25, 0.3) is 0 Å². The number of nitrogens with one attached hydrogen (secondary N) is 2. The van der Waals surface area contributed by atoms with E-state index in [1.165, 1.54) is 30.5 Å². The van der Waals surface area contributed by atoms with Gasteiger partial charge >= 0.3 is 0 Å². The summed E-state index contributed by atoms with van der Waals surface area (Å²) in [6, 6.07) is 11.9. The molecular weight excluding hydrogens is 331 g/mol. The van der Waals surface area contributed by atoms with E-state index in [9.17, 15) is 14.0 Å². The first kappa shape index (κ1) is 18.1. The molecule has 1 aliphatic rings. The third-order valence-corrected chi connectivity index (χ3v) is 4.66. The van der Waals surface area contributed by atoms with E-state index in [1.807, 2.05) is 24.3 Å². The van der Waals surface area contributed by atoms with Crippen molar-refractivity contribution < 1.29 is 14.0 Å². The second-order valence-electron chi connectivity index (χ2n) is 6.68. The molecule has 0 radical (unpaired) electrons. The molecule has 2 N–H and O–H groups in total. The highest BCUT2D eigenvalue weighted by atomic mass is 19.1. The van der Waals surface area contributed by atoms with Gasteiger partial charge in [0.05, 0.1) is 5.92 Å². The first-order chi connectivity index (χ1) is 12.6. The molecule has 1 heterocycles. The standard InChI is InChI=1S/C21H23FN2O2/c1-2-3-4-5-14-6-9-16(10-7-14)23-21(26)18-13-20(25)24-19-12-15(22)8-11-17(18)19/h6-12,18H,2-5,13H2,1H3,(H,23,26)(H,24,25). The number of fused-ring (bicyclic) bond motifs is 1. The highest BCUT2D eigenvalue weighted by Crippen LogP contribution is 2.33. The predicted molar refractivity (Wildman–Crippen MR) is 101 cm³/mol. The minimum absolute atomic E-state index is 0.0551. The first-order valence-electron chi connectivity index (χ1n) is 9.06. The average molecular weight is 354 g/mol. The number of rotatable bonds is 6. The summed E-state index contributed by atoms with van der Waals surface area (Å²) in [5.74, 6) is -1.60. The molecule has 0 fully saturated rings. The Morgan fingerprint density at radius 2 is 1.96 bits per heavy atom. The molecule has 0 bridgehead atoms. The predicted octanol–water partition coefficient (Wildman–Crippen LogP) is 4.62. The fourth-order valence-corrected chi connectivity index (χ4v) is 3.23. The Labute approximate surface area is 152 Å². The van der Waals surface area contributed by atoms with E-state index in [4.69, 9.17) is 0 Å². The van der Waals surface area contributed by atoms with Crippen LogP contribution in [0.2, 0.25) is 0 Å². The number of amides is 2. The molecule has 0 spiro atoms. The summed E-state index contributed by atoms with van der Waals surface area (Å²) in [6.45, 7) is 2.18. The van der Waals surface area contributed by atoms with Gasteiger partial charge < -0.3 is 10.6 Å². The lowest BCUT2D eigenvalue weighted by Crippen LogP contribution is -2.30. The van der Waals surface area contributed by atoms with Gasteiger partial charge in [0.2, 0.25) is 11.8 Å². The number of anilines is 2. The highest BCUT2D eigenvalue weighted by Gasteiger charge is 2.30. The highest BCUT2D eigenvalue weighted by molar-refractivity contribution is 6.05. The van der Waals surface area contributed by atoms with Crippen LogP contribution in [0.5, 0.6) is 0 Å². The number of carbonyl (C=O) groups is 2. The fourth-order valence-electron chi connectivity index (χ4n) is 3.23. The second kappa shape index (κ2) is 8.13. The van der Waals surface area contributed by atoms with Crippen LogP contribution in [-0.4, -0.2) is 11.8 Å². The van der Waals surface area contributed by atoms with Gasteiger partial charge in [0.15, 0.2) is 0 Å². The maximum atomic E-state index is 13.4. The normalized spacial score (nSPS) is 15.9. The average Bonchev–Trinajstić information content (AvgIpc) is 2.62. The lowest BCUT2D eigenvalue weighted by molar-refractivity contribution is -0.123. The van der Waals surface area contributed by atoms with E-state index < -0.39 is 11.7 Å². The van der Waals surface area contributed by atoms with Gasteiger partial charge in [-0.05, 0) is 48.2 Å². The van der Waals surface area contributed by atoms with Crippen LogP contribution in [0.1, 0.15) is 49.7 Å². The Hall–Kier alpha value is -2.69. The number of aryl methyl sites for hydroxylation is 1. The van der Waals surface area contributed by atoms with Gasteiger partial charge in [-0.1, -0.05) is 38.0 Å². The quantitative estimate of drug-likeness (QED) is 0.744. The van der Waals surface area contributed by atoms with Crippen LogP contribution in [0.4, 0.5) is 15.8 Å². The van der Waals surface area contributed by atoms with Gasteiger partial charge in [0.25, 0.3) is 0 Å². The topological polar surface area (TPSA) is 58.2 Å². The summed E-state index contributed by atoms with van der Waals surface area (Å²) in [5.41, 5.74) is 2.95. The van der Waals surface area contributed by atoms with Crippen LogP contribution in [0, 0.1) is 5.82 Å². The van der Waals surface area contributed by atoms with E-state index >= 15 is 0 Å². The zero-order valence-corrected chi connectivity index (χ0v) is 14.8. The minimum atomic E-state index is -0.622. The summed E-state index contributed by atoms with van der Waals surface area (Å²) in [6.07, 6.45) is 4.65. The molecule has 4 nitrogen and oxygen atoms in total. The lowest BCUT2D eigenvalue weighted by atomic mass is 9.89. The molecule has 1 unspecified atom stereocenters. The molecule has 2 aromatic rings. The Morgan fingerprint density at radius 1 is 1.19 bits per heavy atom. The van der Waals surface area contributed by atoms with Crippen molar-refractivity contribution in [2.24, 2.45) is 0 Å². The van der Waals surface area contributed by atoms with Crippen molar-refractivity contribution in [2.45, 2.75) is 44.9 Å². The van der Waals surface area contributed by atoms with E-state index in [1.54, 1.807) is 6.07 Å². The summed E-state index contributed by atoms with van der Waals surface area (Å²) in [5, 5.41) is 5.49. The molecule has 136 valence electrons. The number of hydrogen-bond donors (Lipinski definition) is 2. The van der Waals surface area contributed by atoms with Crippen LogP contribution >= 0.6 is 0 Å². The van der Waals surface area contributed by atoms with Crippen molar-refractivity contribution in [3.05, 3.63) is 59.4 Å². The van der Waals surface area contributed by atoms with Crippen LogP contribution in [0.15, 0.2) is 42.5 Å². The van der Waals surface area contributed by atoms with Gasteiger partial charge in [-0.25, -0.2) is 4.39 Å². The minimum Gasteiger partial charge on any atom is -0.326 e. The Bertz CT molecular complexity index is 802. The maximum Gasteiger partial charge on any atom is 0.232 e. The molecule has 0 saturated carbocycles. The van der Waals surface area contributed by atoms with Crippen molar-refractivity contribution >= 4 is 23.2 Å². The van der Waals surface area contributed by atoms with Crippen molar-refractivity contribution in [1.82, 2.24) is 0 Å². The SMILES string of the molecule is CCCCCc1ccc(NC(=O)C2CC(=O)Nc3cc(F)ccc32)cc1. The van der Waals surface area contributed by atoms with Crippen molar-refractivity contribution in [2.75, 3.05) is 10.6 Å². The Morgan fingerprint density at radius 3 is 2.69 bits per heavy atom. The number of carbonyl (C=O) groups excluding carboxylic acids is 2. The van der Waals surface area contributed by atoms with Gasteiger partial charge in [0.1, 0.15) is 5.82 Å². The summed E-state index contributed by atoms with van der Waals surface area (Å²) < 4.78 is 13.4.